The summed E-state index contributed by atoms with van der Waals surface area (Å²) in [4.78, 5) is 2.42. The van der Waals surface area contributed by atoms with E-state index in [2.05, 4.69) is 83.1 Å². The Balaban J connectivity index is 2.50. The van der Waals surface area contributed by atoms with E-state index in [0.29, 0.717) is 0 Å². The molecule has 0 fully saturated rings. The third kappa shape index (κ3) is 7.06. The first kappa shape index (κ1) is 17.2. The zero-order valence-corrected chi connectivity index (χ0v) is 14.4. The Morgan fingerprint density at radius 1 is 1.10 bits per heavy atom. The molecule has 0 unspecified atom stereocenters. The normalized spacial score (nSPS) is 13.0. The summed E-state index contributed by atoms with van der Waals surface area (Å²) in [5, 5.41) is 3.61. The van der Waals surface area contributed by atoms with Crippen LogP contribution in [0, 0.1) is 12.3 Å². The van der Waals surface area contributed by atoms with Crippen LogP contribution in [0.2, 0.25) is 0 Å². The van der Waals surface area contributed by atoms with E-state index in [1.165, 1.54) is 11.1 Å². The van der Waals surface area contributed by atoms with Crippen LogP contribution in [0.25, 0.3) is 0 Å². The zero-order chi connectivity index (χ0) is 15.4. The molecule has 0 heterocycles. The quantitative estimate of drug-likeness (QED) is 0.849. The summed E-state index contributed by atoms with van der Waals surface area (Å²) >= 11 is 0. The second-order valence-corrected chi connectivity index (χ2v) is 7.93. The summed E-state index contributed by atoms with van der Waals surface area (Å²) in [6.07, 6.45) is 0. The molecule has 2 heteroatoms. The maximum absolute atomic E-state index is 3.61. The minimum atomic E-state index is 0.187. The summed E-state index contributed by atoms with van der Waals surface area (Å²) in [5.41, 5.74) is 3.19. The van der Waals surface area contributed by atoms with Gasteiger partial charge in [0.15, 0.2) is 0 Å². The van der Waals surface area contributed by atoms with Gasteiger partial charge in [0.25, 0.3) is 0 Å². The van der Waals surface area contributed by atoms with E-state index in [1.807, 2.05) is 0 Å². The number of aryl methyl sites for hydroxylation is 1. The van der Waals surface area contributed by atoms with Crippen molar-refractivity contribution in [2.45, 2.75) is 53.6 Å². The molecule has 1 rings (SSSR count). The highest BCUT2D eigenvalue weighted by atomic mass is 15.1. The summed E-state index contributed by atoms with van der Waals surface area (Å²) < 4.78 is 0. The molecule has 0 atom stereocenters. The van der Waals surface area contributed by atoms with E-state index in [4.69, 9.17) is 0 Å². The summed E-state index contributed by atoms with van der Waals surface area (Å²) in [7, 11) is 2.21. The molecule has 0 spiro atoms. The maximum atomic E-state index is 3.61. The minimum absolute atomic E-state index is 0.187. The first-order valence-electron chi connectivity index (χ1n) is 7.57. The second-order valence-electron chi connectivity index (χ2n) is 7.93. The van der Waals surface area contributed by atoms with Crippen molar-refractivity contribution in [2.24, 2.45) is 5.41 Å². The van der Waals surface area contributed by atoms with Crippen molar-refractivity contribution in [3.63, 3.8) is 0 Å². The van der Waals surface area contributed by atoms with Crippen molar-refractivity contribution in [1.82, 2.24) is 10.2 Å². The fraction of sp³-hybridized carbons (Fsp3) is 0.667. The lowest BCUT2D eigenvalue weighted by Crippen LogP contribution is -2.45. The molecule has 0 saturated heterocycles. The standard InChI is InChI=1S/C18H32N2/c1-15-9-8-10-16(11-15)12-20(7)14-18(5,6)13-19-17(2,3)4/h8-11,19H,12-14H2,1-7H3. The number of benzene rings is 1. The summed E-state index contributed by atoms with van der Waals surface area (Å²) in [5.74, 6) is 0. The third-order valence-electron chi connectivity index (χ3n) is 3.33. The van der Waals surface area contributed by atoms with Gasteiger partial charge in [0.2, 0.25) is 0 Å². The van der Waals surface area contributed by atoms with Gasteiger partial charge in [0.05, 0.1) is 0 Å². The molecule has 0 amide bonds. The molecule has 1 N–H and O–H groups in total. The molecule has 0 aliphatic carbocycles. The molecule has 0 saturated carbocycles. The third-order valence-corrected chi connectivity index (χ3v) is 3.33. The van der Waals surface area contributed by atoms with Gasteiger partial charge in [-0.05, 0) is 45.7 Å². The lowest BCUT2D eigenvalue weighted by molar-refractivity contribution is 0.186. The van der Waals surface area contributed by atoms with E-state index in [-0.39, 0.29) is 11.0 Å². The van der Waals surface area contributed by atoms with Crippen LogP contribution in [-0.4, -0.2) is 30.6 Å². The van der Waals surface area contributed by atoms with Crippen LogP contribution in [0.15, 0.2) is 24.3 Å². The Hall–Kier alpha value is -0.860. The maximum Gasteiger partial charge on any atom is 0.0231 e. The Morgan fingerprint density at radius 3 is 2.30 bits per heavy atom. The number of hydrogen-bond acceptors (Lipinski definition) is 2. The van der Waals surface area contributed by atoms with Crippen molar-refractivity contribution < 1.29 is 0 Å². The van der Waals surface area contributed by atoms with Crippen LogP contribution < -0.4 is 5.32 Å². The van der Waals surface area contributed by atoms with Gasteiger partial charge < -0.3 is 10.2 Å². The van der Waals surface area contributed by atoms with Crippen molar-refractivity contribution in [2.75, 3.05) is 20.1 Å². The first-order valence-corrected chi connectivity index (χ1v) is 7.57. The van der Waals surface area contributed by atoms with Crippen LogP contribution in [-0.2, 0) is 6.54 Å². The van der Waals surface area contributed by atoms with Gasteiger partial charge in [-0.25, -0.2) is 0 Å². The van der Waals surface area contributed by atoms with Crippen molar-refractivity contribution in [3.8, 4) is 0 Å². The molecular formula is C18H32N2. The fourth-order valence-corrected chi connectivity index (χ4v) is 2.47. The van der Waals surface area contributed by atoms with E-state index in [0.717, 1.165) is 19.6 Å². The molecule has 0 aliphatic heterocycles. The van der Waals surface area contributed by atoms with Gasteiger partial charge in [-0.2, -0.15) is 0 Å². The van der Waals surface area contributed by atoms with Crippen LogP contribution in [0.5, 0.6) is 0 Å². The van der Waals surface area contributed by atoms with Crippen LogP contribution in [0.3, 0.4) is 0 Å². The summed E-state index contributed by atoms with van der Waals surface area (Å²) in [6.45, 7) is 16.6. The zero-order valence-electron chi connectivity index (χ0n) is 14.4. The van der Waals surface area contributed by atoms with Crippen LogP contribution in [0.4, 0.5) is 0 Å². The molecule has 0 radical (unpaired) electrons. The number of hydrogen-bond donors (Lipinski definition) is 1. The predicted molar refractivity (Wildman–Crippen MR) is 89.0 cm³/mol. The van der Waals surface area contributed by atoms with Gasteiger partial charge in [-0.15, -0.1) is 0 Å². The molecule has 2 nitrogen and oxygen atoms in total. The topological polar surface area (TPSA) is 15.3 Å². The first-order chi connectivity index (χ1) is 9.07. The predicted octanol–water partition coefficient (Wildman–Crippen LogP) is 3.84. The van der Waals surface area contributed by atoms with Crippen molar-refractivity contribution >= 4 is 0 Å². The molecular weight excluding hydrogens is 244 g/mol. The largest absolute Gasteiger partial charge is 0.311 e. The second kappa shape index (κ2) is 6.73. The van der Waals surface area contributed by atoms with Gasteiger partial charge in [-0.1, -0.05) is 43.7 Å². The fourth-order valence-electron chi connectivity index (χ4n) is 2.47. The lowest BCUT2D eigenvalue weighted by atomic mass is 9.91. The van der Waals surface area contributed by atoms with Gasteiger partial charge in [-0.3, -0.25) is 0 Å². The average molecular weight is 276 g/mol. The molecule has 0 bridgehead atoms. The van der Waals surface area contributed by atoms with E-state index >= 15 is 0 Å². The van der Waals surface area contributed by atoms with Crippen LogP contribution in [0.1, 0.15) is 45.7 Å². The van der Waals surface area contributed by atoms with E-state index in [9.17, 15) is 0 Å². The van der Waals surface area contributed by atoms with E-state index in [1.54, 1.807) is 0 Å². The Kier molecular flexibility index (Phi) is 5.79. The highest BCUT2D eigenvalue weighted by molar-refractivity contribution is 5.22. The van der Waals surface area contributed by atoms with Gasteiger partial charge in [0, 0.05) is 25.2 Å². The van der Waals surface area contributed by atoms with E-state index < -0.39 is 0 Å². The molecule has 114 valence electrons. The Morgan fingerprint density at radius 2 is 1.75 bits per heavy atom. The van der Waals surface area contributed by atoms with Crippen molar-refractivity contribution in [3.05, 3.63) is 35.4 Å². The number of nitrogens with one attached hydrogen (secondary N) is 1. The lowest BCUT2D eigenvalue weighted by Gasteiger charge is -2.34. The molecule has 1 aromatic carbocycles. The smallest absolute Gasteiger partial charge is 0.0231 e. The Bertz CT molecular complexity index is 416. The molecule has 1 aromatic rings. The highest BCUT2D eigenvalue weighted by Crippen LogP contribution is 2.18. The molecule has 0 aliphatic rings. The van der Waals surface area contributed by atoms with Gasteiger partial charge in [0.1, 0.15) is 0 Å². The number of rotatable bonds is 6. The molecule has 20 heavy (non-hydrogen) atoms. The van der Waals surface area contributed by atoms with Gasteiger partial charge >= 0.3 is 0 Å². The highest BCUT2D eigenvalue weighted by Gasteiger charge is 2.22. The Labute approximate surface area is 125 Å². The minimum Gasteiger partial charge on any atom is -0.311 e. The summed E-state index contributed by atoms with van der Waals surface area (Å²) in [6, 6.07) is 8.78. The molecule has 0 aromatic heterocycles. The average Bonchev–Trinajstić information content (AvgIpc) is 2.24. The SMILES string of the molecule is Cc1cccc(CN(C)CC(C)(C)CNC(C)(C)C)c1. The number of nitrogens with zero attached hydrogens (tertiary/aromatic N) is 1. The van der Waals surface area contributed by atoms with Crippen molar-refractivity contribution in [1.29, 1.82) is 0 Å². The monoisotopic (exact) mass is 276 g/mol. The van der Waals surface area contributed by atoms with Crippen LogP contribution >= 0.6 is 0 Å².